The average molecular weight is 238 g/mol. The maximum Gasteiger partial charge on any atom is 0.216 e. The van der Waals surface area contributed by atoms with Gasteiger partial charge in [0.15, 0.2) is 5.78 Å². The highest BCUT2D eigenvalue weighted by molar-refractivity contribution is 7.99. The zero-order valence-corrected chi connectivity index (χ0v) is 9.34. The summed E-state index contributed by atoms with van der Waals surface area (Å²) in [4.78, 5) is 15.3. The Morgan fingerprint density at radius 2 is 2.38 bits per heavy atom. The summed E-state index contributed by atoms with van der Waals surface area (Å²) < 4.78 is 0. The molecule has 16 heavy (non-hydrogen) atoms. The lowest BCUT2D eigenvalue weighted by Gasteiger charge is -1.98. The van der Waals surface area contributed by atoms with Gasteiger partial charge in [0.2, 0.25) is 11.1 Å². The highest BCUT2D eigenvalue weighted by Gasteiger charge is 2.13. The fourth-order valence-corrected chi connectivity index (χ4v) is 1.57. The monoisotopic (exact) mass is 238 g/mol. The molecular formula is C8H10N6OS. The van der Waals surface area contributed by atoms with Crippen molar-refractivity contribution in [3.63, 3.8) is 0 Å². The maximum atomic E-state index is 11.5. The molecule has 0 fully saturated rings. The molecule has 0 saturated heterocycles. The van der Waals surface area contributed by atoms with Crippen LogP contribution >= 0.6 is 11.8 Å². The molecular weight excluding hydrogens is 228 g/mol. The molecule has 0 atom stereocenters. The van der Waals surface area contributed by atoms with Crippen molar-refractivity contribution < 1.29 is 4.79 Å². The molecule has 1 aromatic heterocycles. The summed E-state index contributed by atoms with van der Waals surface area (Å²) >= 11 is 1.09. The largest absolute Gasteiger partial charge is 0.401 e. The highest BCUT2D eigenvalue weighted by Crippen LogP contribution is 2.14. The SMILES string of the molecule is C/C(N)=C(/C#N)C(=O)CSc1n[nH]c(N)n1. The van der Waals surface area contributed by atoms with Crippen molar-refractivity contribution >= 4 is 23.5 Å². The zero-order chi connectivity index (χ0) is 12.1. The van der Waals surface area contributed by atoms with Crippen molar-refractivity contribution in [3.8, 4) is 6.07 Å². The van der Waals surface area contributed by atoms with E-state index in [0.29, 0.717) is 5.16 Å². The Morgan fingerprint density at radius 1 is 1.69 bits per heavy atom. The Labute approximate surface area is 95.9 Å². The van der Waals surface area contributed by atoms with Crippen LogP contribution in [-0.2, 0) is 4.79 Å². The molecule has 0 aliphatic rings. The number of anilines is 1. The number of nitrogens with two attached hydrogens (primary N) is 2. The maximum absolute atomic E-state index is 11.5. The van der Waals surface area contributed by atoms with Crippen LogP contribution in [0.1, 0.15) is 6.92 Å². The fourth-order valence-electron chi connectivity index (χ4n) is 0.895. The first-order chi connectivity index (χ1) is 7.54. The van der Waals surface area contributed by atoms with Crippen molar-refractivity contribution in [3.05, 3.63) is 11.3 Å². The van der Waals surface area contributed by atoms with Crippen LogP contribution < -0.4 is 11.5 Å². The number of hydrogen-bond donors (Lipinski definition) is 3. The van der Waals surface area contributed by atoms with Gasteiger partial charge in [0.25, 0.3) is 0 Å². The van der Waals surface area contributed by atoms with Crippen LogP contribution in [0, 0.1) is 11.3 Å². The predicted octanol–water partition coefficient (Wildman–Crippen LogP) is -0.196. The lowest BCUT2D eigenvalue weighted by Crippen LogP contribution is -2.10. The number of nitrogens with zero attached hydrogens (tertiary/aromatic N) is 3. The molecule has 1 aromatic rings. The Balaban J connectivity index is 2.61. The van der Waals surface area contributed by atoms with Gasteiger partial charge in [-0.05, 0) is 6.92 Å². The second-order valence-electron chi connectivity index (χ2n) is 2.88. The van der Waals surface area contributed by atoms with Crippen LogP contribution in [0.3, 0.4) is 0 Å². The second-order valence-corrected chi connectivity index (χ2v) is 3.83. The first kappa shape index (κ1) is 12.1. The molecule has 5 N–H and O–H groups in total. The molecule has 0 amide bonds. The molecule has 0 radical (unpaired) electrons. The van der Waals surface area contributed by atoms with Gasteiger partial charge < -0.3 is 11.5 Å². The minimum atomic E-state index is -0.351. The molecule has 0 unspecified atom stereocenters. The minimum absolute atomic E-state index is 0.0315. The van der Waals surface area contributed by atoms with E-state index in [-0.39, 0.29) is 28.8 Å². The summed E-state index contributed by atoms with van der Waals surface area (Å²) in [6.45, 7) is 1.51. The number of aromatic amines is 1. The van der Waals surface area contributed by atoms with E-state index in [1.54, 1.807) is 6.07 Å². The van der Waals surface area contributed by atoms with Crippen molar-refractivity contribution in [1.82, 2.24) is 15.2 Å². The Morgan fingerprint density at radius 3 is 2.81 bits per heavy atom. The number of allylic oxidation sites excluding steroid dienone is 2. The molecule has 84 valence electrons. The van der Waals surface area contributed by atoms with Crippen LogP contribution in [0.4, 0.5) is 5.95 Å². The second kappa shape index (κ2) is 5.18. The third-order valence-corrected chi connectivity index (χ3v) is 2.45. The Hall–Kier alpha value is -2.01. The van der Waals surface area contributed by atoms with Gasteiger partial charge in [-0.3, -0.25) is 4.79 Å². The van der Waals surface area contributed by atoms with E-state index >= 15 is 0 Å². The van der Waals surface area contributed by atoms with E-state index in [1.165, 1.54) is 6.92 Å². The smallest absolute Gasteiger partial charge is 0.216 e. The van der Waals surface area contributed by atoms with Crippen molar-refractivity contribution in [2.45, 2.75) is 12.1 Å². The van der Waals surface area contributed by atoms with Gasteiger partial charge in [0, 0.05) is 5.70 Å². The number of carbonyl (C=O) groups is 1. The third-order valence-electron chi connectivity index (χ3n) is 1.60. The number of carbonyl (C=O) groups excluding carboxylic acids is 1. The van der Waals surface area contributed by atoms with Crippen molar-refractivity contribution in [2.75, 3.05) is 11.5 Å². The van der Waals surface area contributed by atoms with Gasteiger partial charge in [-0.25, -0.2) is 5.10 Å². The zero-order valence-electron chi connectivity index (χ0n) is 8.52. The molecule has 8 heteroatoms. The van der Waals surface area contributed by atoms with Gasteiger partial charge in [-0.2, -0.15) is 10.2 Å². The van der Waals surface area contributed by atoms with Gasteiger partial charge in [0.05, 0.1) is 5.75 Å². The average Bonchev–Trinajstić information content (AvgIpc) is 2.62. The summed E-state index contributed by atoms with van der Waals surface area (Å²) in [5, 5.41) is 15.2. The number of nitriles is 1. The molecule has 1 rings (SSSR count). The number of H-pyrrole nitrogens is 1. The molecule has 0 spiro atoms. The lowest BCUT2D eigenvalue weighted by molar-refractivity contribution is -0.112. The Kier molecular flexibility index (Phi) is 3.90. The normalized spacial score (nSPS) is 11.8. The van der Waals surface area contributed by atoms with Crippen molar-refractivity contribution in [1.29, 1.82) is 5.26 Å². The van der Waals surface area contributed by atoms with Gasteiger partial charge in [-0.15, -0.1) is 5.10 Å². The summed E-state index contributed by atoms with van der Waals surface area (Å²) in [6.07, 6.45) is 0. The highest BCUT2D eigenvalue weighted by atomic mass is 32.2. The quantitative estimate of drug-likeness (QED) is 0.375. The van der Waals surface area contributed by atoms with Gasteiger partial charge in [-0.1, -0.05) is 11.8 Å². The third kappa shape index (κ3) is 2.99. The lowest BCUT2D eigenvalue weighted by atomic mass is 10.2. The number of nitrogen functional groups attached to an aromatic ring is 1. The first-order valence-corrected chi connectivity index (χ1v) is 5.23. The van der Waals surface area contributed by atoms with E-state index in [9.17, 15) is 4.79 Å². The van der Waals surface area contributed by atoms with Crippen LogP contribution in [0.25, 0.3) is 0 Å². The van der Waals surface area contributed by atoms with Crippen LogP contribution in [0.2, 0.25) is 0 Å². The van der Waals surface area contributed by atoms with Crippen molar-refractivity contribution in [2.24, 2.45) is 5.73 Å². The Bertz CT molecular complexity index is 467. The molecule has 0 bridgehead atoms. The summed E-state index contributed by atoms with van der Waals surface area (Å²) in [5.74, 6) is -0.119. The van der Waals surface area contributed by atoms with Crippen LogP contribution in [-0.4, -0.2) is 26.7 Å². The molecule has 1 heterocycles. The predicted molar refractivity (Wildman–Crippen MR) is 59.0 cm³/mol. The van der Waals surface area contributed by atoms with E-state index in [4.69, 9.17) is 16.7 Å². The standard InChI is InChI=1S/C8H10N6OS/c1-4(10)5(2-9)6(15)3-16-8-12-7(11)13-14-8/h3,10H2,1H3,(H3,11,12,13,14)/b5-4+. The topological polar surface area (TPSA) is 134 Å². The number of aromatic nitrogens is 3. The number of Topliss-reactive ketones (excluding diaryl/α,β-unsaturated/α-hetero) is 1. The first-order valence-electron chi connectivity index (χ1n) is 4.25. The number of ketones is 1. The molecule has 0 saturated carbocycles. The number of rotatable bonds is 4. The summed E-state index contributed by atoms with van der Waals surface area (Å²) in [5.41, 5.74) is 10.9. The number of nitrogens with one attached hydrogen (secondary N) is 1. The fraction of sp³-hybridized carbons (Fsp3) is 0.250. The molecule has 7 nitrogen and oxygen atoms in total. The summed E-state index contributed by atoms with van der Waals surface area (Å²) in [6, 6.07) is 1.76. The minimum Gasteiger partial charge on any atom is -0.401 e. The van der Waals surface area contributed by atoms with E-state index < -0.39 is 0 Å². The molecule has 0 aliphatic carbocycles. The molecule has 0 aliphatic heterocycles. The van der Waals surface area contributed by atoms with E-state index in [1.807, 2.05) is 0 Å². The van der Waals surface area contributed by atoms with Gasteiger partial charge in [0.1, 0.15) is 11.6 Å². The molecule has 0 aromatic carbocycles. The van der Waals surface area contributed by atoms with Crippen LogP contribution in [0.5, 0.6) is 0 Å². The summed E-state index contributed by atoms with van der Waals surface area (Å²) in [7, 11) is 0. The van der Waals surface area contributed by atoms with E-state index in [0.717, 1.165) is 11.8 Å². The van der Waals surface area contributed by atoms with Gasteiger partial charge >= 0.3 is 0 Å². The number of thioether (sulfide) groups is 1. The van der Waals surface area contributed by atoms with Crippen LogP contribution in [0.15, 0.2) is 16.4 Å². The number of hydrogen-bond acceptors (Lipinski definition) is 7. The van der Waals surface area contributed by atoms with E-state index in [2.05, 4.69) is 15.2 Å².